The summed E-state index contributed by atoms with van der Waals surface area (Å²) < 4.78 is 0. The number of hydrogen-bond donors (Lipinski definition) is 2. The summed E-state index contributed by atoms with van der Waals surface area (Å²) in [7, 11) is 0. The summed E-state index contributed by atoms with van der Waals surface area (Å²) in [4.78, 5) is 0. The van der Waals surface area contributed by atoms with E-state index in [1.165, 1.54) is 5.56 Å². The van der Waals surface area contributed by atoms with Crippen LogP contribution >= 0.6 is 0 Å². The molecule has 0 spiro atoms. The molecule has 2 nitrogen and oxygen atoms in total. The molecular weight excluding hydrogens is 184 g/mol. The Balaban J connectivity index is 3.24. The summed E-state index contributed by atoms with van der Waals surface area (Å²) in [6, 6.07) is 7.89. The quantitative estimate of drug-likeness (QED) is 0.438. The van der Waals surface area contributed by atoms with Gasteiger partial charge in [-0.15, -0.1) is 6.42 Å². The second-order valence-corrected chi connectivity index (χ2v) is 4.60. The maximum Gasteiger partial charge on any atom is 0.107 e. The van der Waals surface area contributed by atoms with Crippen LogP contribution in [0.25, 0.3) is 0 Å². The molecule has 15 heavy (non-hydrogen) atoms. The maximum absolute atomic E-state index is 5.43. The van der Waals surface area contributed by atoms with E-state index >= 15 is 0 Å². The largest absolute Gasteiger partial charge is 0.270 e. The number of hydrogen-bond acceptors (Lipinski definition) is 2. The first kappa shape index (κ1) is 11.8. The van der Waals surface area contributed by atoms with Crippen LogP contribution in [0.15, 0.2) is 24.3 Å². The van der Waals surface area contributed by atoms with E-state index in [0.29, 0.717) is 0 Å². The summed E-state index contributed by atoms with van der Waals surface area (Å²) in [5.41, 5.74) is 5.02. The highest BCUT2D eigenvalue weighted by atomic mass is 15.2. The van der Waals surface area contributed by atoms with Gasteiger partial charge in [-0.05, 0) is 16.5 Å². The third-order valence-electron chi connectivity index (χ3n) is 2.41. The number of nitrogens with two attached hydrogens (primary N) is 1. The summed E-state index contributed by atoms with van der Waals surface area (Å²) in [5, 5.41) is 0. The Labute approximate surface area is 91.8 Å². The number of rotatable bonds is 2. The van der Waals surface area contributed by atoms with Gasteiger partial charge in [0.05, 0.1) is 0 Å². The van der Waals surface area contributed by atoms with Gasteiger partial charge < -0.3 is 0 Å². The molecule has 0 aliphatic carbocycles. The van der Waals surface area contributed by atoms with Gasteiger partial charge in [-0.25, -0.2) is 5.43 Å². The van der Waals surface area contributed by atoms with E-state index in [2.05, 4.69) is 38.2 Å². The lowest BCUT2D eigenvalue weighted by atomic mass is 9.82. The van der Waals surface area contributed by atoms with Crippen molar-refractivity contribution in [3.63, 3.8) is 0 Å². The molecule has 0 aromatic heterocycles. The standard InChI is InChI=1S/C13H18N2/c1-5-12(15-14)10-8-6-7-9-11(10)13(2,3)4/h1,6-9,12,15H,14H2,2-4H3. The zero-order valence-corrected chi connectivity index (χ0v) is 9.54. The van der Waals surface area contributed by atoms with E-state index in [1.807, 2.05) is 18.2 Å². The van der Waals surface area contributed by atoms with Crippen molar-refractivity contribution in [3.05, 3.63) is 35.4 Å². The third kappa shape index (κ3) is 2.59. The van der Waals surface area contributed by atoms with Crippen molar-refractivity contribution in [2.24, 2.45) is 5.84 Å². The molecule has 0 heterocycles. The van der Waals surface area contributed by atoms with Crippen LogP contribution in [0.5, 0.6) is 0 Å². The highest BCUT2D eigenvalue weighted by molar-refractivity contribution is 5.38. The lowest BCUT2D eigenvalue weighted by Gasteiger charge is -2.25. The fraction of sp³-hybridized carbons (Fsp3) is 0.385. The lowest BCUT2D eigenvalue weighted by molar-refractivity contribution is 0.566. The second-order valence-electron chi connectivity index (χ2n) is 4.60. The Bertz CT molecular complexity index is 369. The highest BCUT2D eigenvalue weighted by Gasteiger charge is 2.20. The van der Waals surface area contributed by atoms with E-state index in [9.17, 15) is 0 Å². The van der Waals surface area contributed by atoms with Crippen LogP contribution in [-0.2, 0) is 5.41 Å². The molecule has 0 aliphatic rings. The van der Waals surface area contributed by atoms with Crippen molar-refractivity contribution in [2.75, 3.05) is 0 Å². The monoisotopic (exact) mass is 202 g/mol. The average Bonchev–Trinajstić information content (AvgIpc) is 2.19. The Hall–Kier alpha value is -1.30. The van der Waals surface area contributed by atoms with Gasteiger partial charge in [0.15, 0.2) is 0 Å². The first-order valence-electron chi connectivity index (χ1n) is 5.02. The van der Waals surface area contributed by atoms with Crippen molar-refractivity contribution >= 4 is 0 Å². The van der Waals surface area contributed by atoms with Crippen molar-refractivity contribution in [3.8, 4) is 12.3 Å². The Morgan fingerprint density at radius 1 is 1.33 bits per heavy atom. The van der Waals surface area contributed by atoms with E-state index < -0.39 is 0 Å². The number of nitrogens with one attached hydrogen (secondary N) is 1. The number of terminal acetylenes is 1. The number of benzene rings is 1. The molecule has 1 unspecified atom stereocenters. The van der Waals surface area contributed by atoms with E-state index in [0.717, 1.165) is 5.56 Å². The summed E-state index contributed by atoms with van der Waals surface area (Å²) >= 11 is 0. The SMILES string of the molecule is C#CC(NN)c1ccccc1C(C)(C)C. The van der Waals surface area contributed by atoms with Crippen LogP contribution in [0.4, 0.5) is 0 Å². The van der Waals surface area contributed by atoms with Gasteiger partial charge in [0.1, 0.15) is 6.04 Å². The normalized spacial score (nSPS) is 13.3. The molecule has 1 atom stereocenters. The zero-order chi connectivity index (χ0) is 11.5. The van der Waals surface area contributed by atoms with Crippen LogP contribution in [0, 0.1) is 12.3 Å². The van der Waals surface area contributed by atoms with Crippen molar-refractivity contribution < 1.29 is 0 Å². The van der Waals surface area contributed by atoms with Crippen LogP contribution in [0.2, 0.25) is 0 Å². The highest BCUT2D eigenvalue weighted by Crippen LogP contribution is 2.28. The summed E-state index contributed by atoms with van der Waals surface area (Å²) in [6.07, 6.45) is 5.43. The van der Waals surface area contributed by atoms with Gasteiger partial charge in [-0.2, -0.15) is 0 Å². The zero-order valence-electron chi connectivity index (χ0n) is 9.54. The molecule has 1 aromatic rings. The molecule has 0 bridgehead atoms. The fourth-order valence-electron chi connectivity index (χ4n) is 1.66. The molecule has 0 saturated carbocycles. The van der Waals surface area contributed by atoms with Gasteiger partial charge in [-0.3, -0.25) is 5.84 Å². The van der Waals surface area contributed by atoms with Gasteiger partial charge in [0.25, 0.3) is 0 Å². The first-order chi connectivity index (χ1) is 7.00. The topological polar surface area (TPSA) is 38.0 Å². The minimum absolute atomic E-state index is 0.0720. The molecule has 0 fully saturated rings. The molecule has 1 rings (SSSR count). The van der Waals surface area contributed by atoms with Crippen LogP contribution < -0.4 is 11.3 Å². The van der Waals surface area contributed by atoms with Crippen molar-refractivity contribution in [1.29, 1.82) is 0 Å². The molecule has 0 amide bonds. The maximum atomic E-state index is 5.43. The predicted octanol–water partition coefficient (Wildman–Crippen LogP) is 2.12. The molecule has 1 aromatic carbocycles. The molecule has 0 radical (unpaired) electrons. The van der Waals surface area contributed by atoms with Crippen molar-refractivity contribution in [2.45, 2.75) is 32.2 Å². The van der Waals surface area contributed by atoms with Crippen LogP contribution in [0.3, 0.4) is 0 Å². The lowest BCUT2D eigenvalue weighted by Crippen LogP contribution is -2.29. The fourth-order valence-corrected chi connectivity index (χ4v) is 1.66. The molecule has 2 heteroatoms. The Morgan fingerprint density at radius 2 is 1.93 bits per heavy atom. The molecule has 0 aliphatic heterocycles. The summed E-state index contributed by atoms with van der Waals surface area (Å²) in [5.74, 6) is 8.08. The minimum atomic E-state index is -0.222. The van der Waals surface area contributed by atoms with E-state index in [4.69, 9.17) is 12.3 Å². The van der Waals surface area contributed by atoms with Gasteiger partial charge in [0.2, 0.25) is 0 Å². The minimum Gasteiger partial charge on any atom is -0.270 e. The predicted molar refractivity (Wildman–Crippen MR) is 64.0 cm³/mol. The molecule has 80 valence electrons. The van der Waals surface area contributed by atoms with E-state index in [1.54, 1.807) is 0 Å². The Morgan fingerprint density at radius 3 is 2.40 bits per heavy atom. The van der Waals surface area contributed by atoms with Gasteiger partial charge in [0, 0.05) is 0 Å². The van der Waals surface area contributed by atoms with Gasteiger partial charge >= 0.3 is 0 Å². The molecule has 0 saturated heterocycles. The van der Waals surface area contributed by atoms with Crippen LogP contribution in [-0.4, -0.2) is 0 Å². The van der Waals surface area contributed by atoms with Crippen LogP contribution in [0.1, 0.15) is 37.9 Å². The number of hydrazine groups is 1. The molecule has 3 N–H and O–H groups in total. The average molecular weight is 202 g/mol. The second kappa shape index (κ2) is 4.48. The third-order valence-corrected chi connectivity index (χ3v) is 2.41. The van der Waals surface area contributed by atoms with Gasteiger partial charge in [-0.1, -0.05) is 51.0 Å². The summed E-state index contributed by atoms with van der Waals surface area (Å²) in [6.45, 7) is 6.49. The van der Waals surface area contributed by atoms with Crippen molar-refractivity contribution in [1.82, 2.24) is 5.43 Å². The molecular formula is C13H18N2. The Kier molecular flexibility index (Phi) is 3.52. The van der Waals surface area contributed by atoms with E-state index in [-0.39, 0.29) is 11.5 Å². The first-order valence-corrected chi connectivity index (χ1v) is 5.02. The smallest absolute Gasteiger partial charge is 0.107 e.